The number of aliphatic hydroxyl groups excluding tert-OH is 1. The van der Waals surface area contributed by atoms with E-state index >= 15 is 0 Å². The van der Waals surface area contributed by atoms with Gasteiger partial charge in [-0.2, -0.15) is 0 Å². The second-order valence-corrected chi connectivity index (χ2v) is 5.92. The molecule has 0 bridgehead atoms. The molecule has 6 nitrogen and oxygen atoms in total. The molecular formula is C18H27NO5. The molecule has 1 aliphatic carbocycles. The van der Waals surface area contributed by atoms with Crippen LogP contribution < -0.4 is 5.32 Å². The molecule has 6 heteroatoms. The van der Waals surface area contributed by atoms with E-state index < -0.39 is 12.6 Å². The van der Waals surface area contributed by atoms with Crippen molar-refractivity contribution in [2.24, 2.45) is 0 Å². The molecule has 0 aliphatic heterocycles. The summed E-state index contributed by atoms with van der Waals surface area (Å²) in [6, 6.07) is 9.96. The number of aliphatic hydroxyl groups is 1. The molecule has 1 saturated carbocycles. The van der Waals surface area contributed by atoms with Gasteiger partial charge in [0, 0.05) is 12.1 Å². The van der Waals surface area contributed by atoms with Crippen LogP contribution in [0.4, 0.5) is 0 Å². The predicted octanol–water partition coefficient (Wildman–Crippen LogP) is 2.22. The minimum absolute atomic E-state index is 0.218. The smallest absolute Gasteiger partial charge is 0.338 e. The van der Waals surface area contributed by atoms with Crippen molar-refractivity contribution in [1.82, 2.24) is 5.32 Å². The van der Waals surface area contributed by atoms with Crippen LogP contribution in [-0.4, -0.2) is 47.4 Å². The van der Waals surface area contributed by atoms with Gasteiger partial charge in [0.2, 0.25) is 0 Å². The molecule has 24 heavy (non-hydrogen) atoms. The number of hydrogen-bond acceptors (Lipinski definition) is 5. The highest BCUT2D eigenvalue weighted by atomic mass is 16.5. The number of benzene rings is 1. The monoisotopic (exact) mass is 337 g/mol. The van der Waals surface area contributed by atoms with Gasteiger partial charge >= 0.3 is 11.9 Å². The van der Waals surface area contributed by atoms with Crippen LogP contribution in [0.2, 0.25) is 0 Å². The number of carboxylic acid groups (broad SMARTS) is 1. The third kappa shape index (κ3) is 8.64. The van der Waals surface area contributed by atoms with E-state index in [1.54, 1.807) is 12.1 Å². The molecule has 2 rings (SSSR count). The molecular weight excluding hydrogens is 310 g/mol. The maximum atomic E-state index is 11.8. The fourth-order valence-electron chi connectivity index (χ4n) is 2.58. The average Bonchev–Trinajstić information content (AvgIpc) is 2.61. The number of carbonyl (C=O) groups excluding carboxylic acids is 1. The number of hydrogen-bond donors (Lipinski definition) is 3. The minimum atomic E-state index is -1.19. The van der Waals surface area contributed by atoms with E-state index in [4.69, 9.17) is 19.7 Å². The van der Waals surface area contributed by atoms with Gasteiger partial charge in [-0.25, -0.2) is 9.59 Å². The van der Waals surface area contributed by atoms with Gasteiger partial charge < -0.3 is 20.3 Å². The van der Waals surface area contributed by atoms with Crippen molar-refractivity contribution >= 4 is 11.9 Å². The van der Waals surface area contributed by atoms with Gasteiger partial charge in [0.05, 0.1) is 5.56 Å². The first-order valence-corrected chi connectivity index (χ1v) is 8.33. The maximum absolute atomic E-state index is 11.8. The lowest BCUT2D eigenvalue weighted by molar-refractivity contribution is -0.140. The van der Waals surface area contributed by atoms with E-state index in [1.807, 2.05) is 18.2 Å². The highest BCUT2D eigenvalue weighted by Crippen LogP contribution is 2.17. The van der Waals surface area contributed by atoms with Gasteiger partial charge in [-0.3, -0.25) is 0 Å². The van der Waals surface area contributed by atoms with Crippen LogP contribution in [0.15, 0.2) is 30.3 Å². The Balaban J connectivity index is 0.000000505. The Morgan fingerprint density at radius 2 is 1.79 bits per heavy atom. The molecule has 0 spiro atoms. The number of nitrogens with one attached hydrogen (secondary N) is 1. The molecule has 0 heterocycles. The summed E-state index contributed by atoms with van der Waals surface area (Å²) in [5, 5.41) is 18.6. The third-order valence-corrected chi connectivity index (χ3v) is 3.73. The average molecular weight is 337 g/mol. The number of carboxylic acids is 1. The Bertz CT molecular complexity index is 485. The van der Waals surface area contributed by atoms with Crippen molar-refractivity contribution in [2.75, 3.05) is 13.2 Å². The lowest BCUT2D eigenvalue weighted by Gasteiger charge is -2.26. The Labute approximate surface area is 142 Å². The van der Waals surface area contributed by atoms with E-state index in [-0.39, 0.29) is 12.0 Å². The normalized spacial score (nSPS) is 15.8. The summed E-state index contributed by atoms with van der Waals surface area (Å²) in [5.74, 6) is -1.43. The van der Waals surface area contributed by atoms with Crippen LogP contribution in [0.1, 0.15) is 49.4 Å². The summed E-state index contributed by atoms with van der Waals surface area (Å²) in [5.41, 5.74) is 0.618. The van der Waals surface area contributed by atoms with Crippen LogP contribution in [0.3, 0.4) is 0 Å². The van der Waals surface area contributed by atoms with Gasteiger partial charge in [-0.15, -0.1) is 0 Å². The fourth-order valence-corrected chi connectivity index (χ4v) is 2.58. The highest BCUT2D eigenvalue weighted by Gasteiger charge is 2.16. The molecule has 1 aromatic carbocycles. The van der Waals surface area contributed by atoms with Crippen molar-refractivity contribution in [1.29, 1.82) is 0 Å². The number of rotatable bonds is 6. The summed E-state index contributed by atoms with van der Waals surface area (Å²) < 4.78 is 5.33. The molecule has 1 aliphatic rings. The molecule has 3 N–H and O–H groups in total. The van der Waals surface area contributed by atoms with Crippen LogP contribution in [-0.2, 0) is 9.53 Å². The van der Waals surface area contributed by atoms with Crippen LogP contribution in [0, 0.1) is 0 Å². The topological polar surface area (TPSA) is 95.9 Å². The molecule has 1 atom stereocenters. The maximum Gasteiger partial charge on any atom is 0.338 e. The lowest BCUT2D eigenvalue weighted by Crippen LogP contribution is -2.40. The molecule has 1 unspecified atom stereocenters. The standard InChI is InChI=1S/C16H23NO2.C2H4O3/c1-13(17-15-10-6-3-7-11-15)12-19-16(18)14-8-4-2-5-9-14;3-1-2(4)5/h2,4-5,8-9,13,15,17H,3,6-7,10-12H2,1H3;3H,1H2,(H,4,5). The summed E-state index contributed by atoms with van der Waals surface area (Å²) in [6.07, 6.45) is 6.48. The second kappa shape index (κ2) is 11.6. The van der Waals surface area contributed by atoms with Gasteiger partial charge in [-0.05, 0) is 31.9 Å². The number of ether oxygens (including phenoxy) is 1. The fraction of sp³-hybridized carbons (Fsp3) is 0.556. The van der Waals surface area contributed by atoms with Crippen molar-refractivity contribution in [2.45, 2.75) is 51.1 Å². The SMILES string of the molecule is CC(COC(=O)c1ccccc1)NC1CCCCC1.O=C(O)CO. The molecule has 134 valence electrons. The largest absolute Gasteiger partial charge is 0.480 e. The summed E-state index contributed by atoms with van der Waals surface area (Å²) in [6.45, 7) is 1.73. The molecule has 0 aromatic heterocycles. The first kappa shape index (κ1) is 20.1. The first-order chi connectivity index (χ1) is 11.5. The van der Waals surface area contributed by atoms with Gasteiger partial charge in [0.25, 0.3) is 0 Å². The highest BCUT2D eigenvalue weighted by molar-refractivity contribution is 5.89. The zero-order chi connectivity index (χ0) is 17.8. The van der Waals surface area contributed by atoms with Crippen molar-refractivity contribution in [3.63, 3.8) is 0 Å². The Kier molecular flexibility index (Phi) is 9.72. The van der Waals surface area contributed by atoms with Gasteiger partial charge in [0.1, 0.15) is 13.2 Å². The predicted molar refractivity (Wildman–Crippen MR) is 90.9 cm³/mol. The zero-order valence-electron chi connectivity index (χ0n) is 14.1. The molecule has 0 radical (unpaired) electrons. The van der Waals surface area contributed by atoms with Crippen molar-refractivity contribution in [3.8, 4) is 0 Å². The quantitative estimate of drug-likeness (QED) is 0.689. The van der Waals surface area contributed by atoms with E-state index in [0.29, 0.717) is 18.2 Å². The van der Waals surface area contributed by atoms with Crippen LogP contribution in [0.5, 0.6) is 0 Å². The molecule has 0 amide bonds. The van der Waals surface area contributed by atoms with Crippen LogP contribution in [0.25, 0.3) is 0 Å². The molecule has 0 saturated heterocycles. The Morgan fingerprint density at radius 3 is 2.33 bits per heavy atom. The number of carbonyl (C=O) groups is 2. The molecule has 1 fully saturated rings. The third-order valence-electron chi connectivity index (χ3n) is 3.73. The van der Waals surface area contributed by atoms with Crippen molar-refractivity contribution in [3.05, 3.63) is 35.9 Å². The number of aliphatic carboxylic acids is 1. The van der Waals surface area contributed by atoms with E-state index in [1.165, 1.54) is 32.1 Å². The second-order valence-electron chi connectivity index (χ2n) is 5.92. The molecule has 1 aromatic rings. The lowest BCUT2D eigenvalue weighted by atomic mass is 9.95. The van der Waals surface area contributed by atoms with E-state index in [0.717, 1.165) is 0 Å². The Hall–Kier alpha value is -1.92. The summed E-state index contributed by atoms with van der Waals surface area (Å²) in [7, 11) is 0. The van der Waals surface area contributed by atoms with Gasteiger partial charge in [-0.1, -0.05) is 37.5 Å². The van der Waals surface area contributed by atoms with E-state index in [9.17, 15) is 4.79 Å². The van der Waals surface area contributed by atoms with E-state index in [2.05, 4.69) is 12.2 Å². The van der Waals surface area contributed by atoms with Crippen LogP contribution >= 0.6 is 0 Å². The summed E-state index contributed by atoms with van der Waals surface area (Å²) >= 11 is 0. The Morgan fingerprint density at radius 1 is 1.21 bits per heavy atom. The first-order valence-electron chi connectivity index (χ1n) is 8.33. The summed E-state index contributed by atoms with van der Waals surface area (Å²) in [4.78, 5) is 20.9. The number of esters is 1. The van der Waals surface area contributed by atoms with Gasteiger partial charge in [0.15, 0.2) is 0 Å². The minimum Gasteiger partial charge on any atom is -0.480 e. The van der Waals surface area contributed by atoms with Crippen molar-refractivity contribution < 1.29 is 24.5 Å². The zero-order valence-corrected chi connectivity index (χ0v) is 14.1.